The predicted molar refractivity (Wildman–Crippen MR) is 90.3 cm³/mol. The van der Waals surface area contributed by atoms with E-state index in [1.807, 2.05) is 4.90 Å². The van der Waals surface area contributed by atoms with Gasteiger partial charge >= 0.3 is 0 Å². The second kappa shape index (κ2) is 8.30. The van der Waals surface area contributed by atoms with Gasteiger partial charge in [0, 0.05) is 26.2 Å². The number of nitrogens with two attached hydrogens (primary N) is 1. The van der Waals surface area contributed by atoms with Crippen molar-refractivity contribution in [1.29, 1.82) is 0 Å². The van der Waals surface area contributed by atoms with E-state index < -0.39 is 0 Å². The Labute approximate surface area is 134 Å². The first-order valence-corrected chi connectivity index (χ1v) is 8.40. The summed E-state index contributed by atoms with van der Waals surface area (Å²) in [5.74, 6) is 0.649. The zero-order chi connectivity index (χ0) is 15.9. The molecule has 0 aliphatic carbocycles. The average molecular weight is 303 g/mol. The first kappa shape index (κ1) is 17.0. The minimum absolute atomic E-state index is 0.0933. The molecule has 2 N–H and O–H groups in total. The molecule has 0 aromatic heterocycles. The lowest BCUT2D eigenvalue weighted by atomic mass is 9.96. The van der Waals surface area contributed by atoms with Crippen molar-refractivity contribution in [2.45, 2.75) is 39.3 Å². The Kier molecular flexibility index (Phi) is 6.40. The maximum Gasteiger partial charge on any atom is 0.239 e. The van der Waals surface area contributed by atoms with Crippen LogP contribution in [0.4, 0.5) is 0 Å². The van der Waals surface area contributed by atoms with Crippen LogP contribution in [0.15, 0.2) is 30.3 Å². The van der Waals surface area contributed by atoms with Crippen LogP contribution < -0.4 is 5.73 Å². The lowest BCUT2D eigenvalue weighted by Gasteiger charge is -2.36. The van der Waals surface area contributed by atoms with Crippen molar-refractivity contribution in [3.8, 4) is 0 Å². The minimum atomic E-state index is -0.384. The molecule has 1 amide bonds. The van der Waals surface area contributed by atoms with E-state index in [1.165, 1.54) is 12.0 Å². The van der Waals surface area contributed by atoms with Gasteiger partial charge in [-0.2, -0.15) is 0 Å². The van der Waals surface area contributed by atoms with Crippen molar-refractivity contribution >= 4 is 5.91 Å². The van der Waals surface area contributed by atoms with Crippen LogP contribution in [0.2, 0.25) is 0 Å². The molecule has 1 aliphatic heterocycles. The minimum Gasteiger partial charge on any atom is -0.341 e. The summed E-state index contributed by atoms with van der Waals surface area (Å²) >= 11 is 0. The van der Waals surface area contributed by atoms with Crippen LogP contribution >= 0.6 is 0 Å². The van der Waals surface area contributed by atoms with Crippen molar-refractivity contribution in [2.24, 2.45) is 11.7 Å². The number of rotatable bonds is 6. The first-order valence-electron chi connectivity index (χ1n) is 8.40. The number of amides is 1. The van der Waals surface area contributed by atoms with E-state index in [0.717, 1.165) is 39.1 Å². The summed E-state index contributed by atoms with van der Waals surface area (Å²) < 4.78 is 0. The molecule has 1 fully saturated rings. The van der Waals surface area contributed by atoms with Crippen molar-refractivity contribution in [3.63, 3.8) is 0 Å². The summed E-state index contributed by atoms with van der Waals surface area (Å²) in [5.41, 5.74) is 7.09. The Balaban J connectivity index is 1.89. The average Bonchev–Trinajstić information content (AvgIpc) is 2.54. The van der Waals surface area contributed by atoms with Gasteiger partial charge in [0.15, 0.2) is 0 Å². The number of hydrogen-bond acceptors (Lipinski definition) is 3. The fraction of sp³-hybridized carbons (Fsp3) is 0.611. The Morgan fingerprint density at radius 3 is 2.77 bits per heavy atom. The SMILES string of the molecule is CCN(Cc1ccccc1)C[C@@H]1CCCN(C(=O)[C@H](C)N)C1. The highest BCUT2D eigenvalue weighted by Gasteiger charge is 2.26. The van der Waals surface area contributed by atoms with Crippen molar-refractivity contribution in [1.82, 2.24) is 9.80 Å². The number of benzene rings is 1. The molecule has 1 aromatic carbocycles. The van der Waals surface area contributed by atoms with E-state index in [0.29, 0.717) is 5.92 Å². The van der Waals surface area contributed by atoms with E-state index in [2.05, 4.69) is 42.2 Å². The van der Waals surface area contributed by atoms with Crippen LogP contribution in [-0.2, 0) is 11.3 Å². The van der Waals surface area contributed by atoms with Crippen molar-refractivity contribution < 1.29 is 4.79 Å². The van der Waals surface area contributed by atoms with Crippen LogP contribution in [0.3, 0.4) is 0 Å². The van der Waals surface area contributed by atoms with Crippen molar-refractivity contribution in [2.75, 3.05) is 26.2 Å². The first-order chi connectivity index (χ1) is 10.6. The molecule has 0 unspecified atom stereocenters. The Hall–Kier alpha value is -1.39. The van der Waals surface area contributed by atoms with E-state index in [1.54, 1.807) is 6.92 Å². The number of carbonyl (C=O) groups excluding carboxylic acids is 1. The van der Waals surface area contributed by atoms with Crippen LogP contribution in [0.5, 0.6) is 0 Å². The number of carbonyl (C=O) groups is 1. The molecular formula is C18H29N3O. The zero-order valence-corrected chi connectivity index (χ0v) is 13.9. The lowest BCUT2D eigenvalue weighted by molar-refractivity contribution is -0.134. The summed E-state index contributed by atoms with van der Waals surface area (Å²) in [6.45, 7) is 8.76. The summed E-state index contributed by atoms with van der Waals surface area (Å²) in [5, 5.41) is 0. The Morgan fingerprint density at radius 2 is 2.14 bits per heavy atom. The number of likely N-dealkylation sites (tertiary alicyclic amines) is 1. The maximum absolute atomic E-state index is 12.1. The number of nitrogens with zero attached hydrogens (tertiary/aromatic N) is 2. The van der Waals surface area contributed by atoms with E-state index in [9.17, 15) is 4.79 Å². The van der Waals surface area contributed by atoms with Gasteiger partial charge in [-0.3, -0.25) is 9.69 Å². The van der Waals surface area contributed by atoms with Gasteiger partial charge in [-0.1, -0.05) is 37.3 Å². The summed E-state index contributed by atoms with van der Waals surface area (Å²) in [7, 11) is 0. The molecule has 0 spiro atoms. The lowest BCUT2D eigenvalue weighted by Crippen LogP contribution is -2.48. The van der Waals surface area contributed by atoms with Gasteiger partial charge in [0.05, 0.1) is 6.04 Å². The van der Waals surface area contributed by atoms with Crippen LogP contribution in [0.1, 0.15) is 32.3 Å². The molecule has 0 bridgehead atoms. The van der Waals surface area contributed by atoms with Gasteiger partial charge in [0.1, 0.15) is 0 Å². The normalized spacial score (nSPS) is 20.2. The van der Waals surface area contributed by atoms with Gasteiger partial charge in [0.2, 0.25) is 5.91 Å². The van der Waals surface area contributed by atoms with E-state index >= 15 is 0 Å². The molecule has 0 saturated carbocycles. The molecule has 22 heavy (non-hydrogen) atoms. The number of hydrogen-bond donors (Lipinski definition) is 1. The van der Waals surface area contributed by atoms with Gasteiger partial charge in [-0.15, -0.1) is 0 Å². The molecule has 2 rings (SSSR count). The summed E-state index contributed by atoms with van der Waals surface area (Å²) in [4.78, 5) is 16.5. The second-order valence-corrected chi connectivity index (χ2v) is 6.39. The van der Waals surface area contributed by atoms with Gasteiger partial charge in [-0.05, 0) is 37.8 Å². The van der Waals surface area contributed by atoms with Crippen LogP contribution in [0, 0.1) is 5.92 Å². The molecule has 122 valence electrons. The highest BCUT2D eigenvalue weighted by molar-refractivity contribution is 5.81. The topological polar surface area (TPSA) is 49.6 Å². The molecule has 1 heterocycles. The standard InChI is InChI=1S/C18H29N3O/c1-3-20(12-16-8-5-4-6-9-16)13-17-10-7-11-21(14-17)18(22)15(2)19/h4-6,8-9,15,17H,3,7,10-14,19H2,1-2H3/t15-,17-/m0/s1. The fourth-order valence-corrected chi connectivity index (χ4v) is 3.21. The molecule has 1 aromatic rings. The third-order valence-corrected chi connectivity index (χ3v) is 4.43. The quantitative estimate of drug-likeness (QED) is 0.875. The van der Waals surface area contributed by atoms with Crippen molar-refractivity contribution in [3.05, 3.63) is 35.9 Å². The molecule has 2 atom stereocenters. The Bertz CT molecular complexity index is 461. The second-order valence-electron chi connectivity index (χ2n) is 6.39. The molecule has 0 radical (unpaired) electrons. The fourth-order valence-electron chi connectivity index (χ4n) is 3.21. The number of piperidine rings is 1. The molecular weight excluding hydrogens is 274 g/mol. The maximum atomic E-state index is 12.1. The largest absolute Gasteiger partial charge is 0.341 e. The van der Waals surface area contributed by atoms with E-state index in [4.69, 9.17) is 5.73 Å². The van der Waals surface area contributed by atoms with Crippen LogP contribution in [0.25, 0.3) is 0 Å². The summed E-state index contributed by atoms with van der Waals surface area (Å²) in [6.07, 6.45) is 2.29. The molecule has 4 nitrogen and oxygen atoms in total. The molecule has 4 heteroatoms. The van der Waals surface area contributed by atoms with Gasteiger partial charge < -0.3 is 10.6 Å². The third kappa shape index (κ3) is 4.82. The molecule has 1 aliphatic rings. The zero-order valence-electron chi connectivity index (χ0n) is 13.9. The van der Waals surface area contributed by atoms with E-state index in [-0.39, 0.29) is 11.9 Å². The summed E-state index contributed by atoms with van der Waals surface area (Å²) in [6, 6.07) is 10.2. The smallest absolute Gasteiger partial charge is 0.239 e. The van der Waals surface area contributed by atoms with Gasteiger partial charge in [0.25, 0.3) is 0 Å². The monoisotopic (exact) mass is 303 g/mol. The highest BCUT2D eigenvalue weighted by atomic mass is 16.2. The van der Waals surface area contributed by atoms with Gasteiger partial charge in [-0.25, -0.2) is 0 Å². The Morgan fingerprint density at radius 1 is 1.41 bits per heavy atom. The molecule has 1 saturated heterocycles. The van der Waals surface area contributed by atoms with Crippen LogP contribution in [-0.4, -0.2) is 47.9 Å². The third-order valence-electron chi connectivity index (χ3n) is 4.43. The predicted octanol–water partition coefficient (Wildman–Crippen LogP) is 2.09. The highest BCUT2D eigenvalue weighted by Crippen LogP contribution is 2.19.